The summed E-state index contributed by atoms with van der Waals surface area (Å²) in [5.74, 6) is -0.869. The van der Waals surface area contributed by atoms with Crippen LogP contribution in [0.2, 0.25) is 10.0 Å². The number of rotatable bonds is 4. The van der Waals surface area contributed by atoms with Crippen LogP contribution in [0, 0.1) is 0 Å². The van der Waals surface area contributed by atoms with Gasteiger partial charge in [-0.15, -0.1) is 0 Å². The number of carboxylic acid groups (broad SMARTS) is 1. The second kappa shape index (κ2) is 7.14. The van der Waals surface area contributed by atoms with Crippen LogP contribution in [-0.2, 0) is 0 Å². The largest absolute Gasteiger partial charge is 0.495 e. The van der Waals surface area contributed by atoms with Gasteiger partial charge in [-0.1, -0.05) is 29.3 Å². The summed E-state index contributed by atoms with van der Waals surface area (Å²) in [6.45, 7) is 0. The quantitative estimate of drug-likeness (QED) is 0.503. The first kappa shape index (κ1) is 18.3. The molecule has 1 N–H and O–H groups in total. The number of pyridine rings is 1. The van der Waals surface area contributed by atoms with Crippen molar-refractivity contribution < 1.29 is 14.6 Å². The molecule has 2 heterocycles. The molecule has 0 bridgehead atoms. The Morgan fingerprint density at radius 2 is 2.04 bits per heavy atom. The maximum atomic E-state index is 11.6. The zero-order valence-electron chi connectivity index (χ0n) is 14.6. The molecular weight excluding hydrogens is 401 g/mol. The van der Waals surface area contributed by atoms with Crippen LogP contribution in [0.1, 0.15) is 10.4 Å². The lowest BCUT2D eigenvalue weighted by Crippen LogP contribution is -2.03. The summed E-state index contributed by atoms with van der Waals surface area (Å²) in [5.41, 5.74) is 2.35. The topological polar surface area (TPSA) is 77.2 Å². The molecule has 0 radical (unpaired) electrons. The zero-order valence-corrected chi connectivity index (χ0v) is 16.1. The molecule has 0 amide bonds. The van der Waals surface area contributed by atoms with Gasteiger partial charge in [0.15, 0.2) is 0 Å². The summed E-state index contributed by atoms with van der Waals surface area (Å²) in [4.78, 5) is 20.3. The van der Waals surface area contributed by atoms with Crippen molar-refractivity contribution in [3.8, 4) is 22.7 Å². The third kappa shape index (κ3) is 2.96. The summed E-state index contributed by atoms with van der Waals surface area (Å²) in [6.07, 6.45) is 5.12. The fourth-order valence-electron chi connectivity index (χ4n) is 3.10. The summed E-state index contributed by atoms with van der Waals surface area (Å²) >= 11 is 12.6. The number of benzene rings is 2. The van der Waals surface area contributed by atoms with E-state index in [-0.39, 0.29) is 11.3 Å². The summed E-state index contributed by atoms with van der Waals surface area (Å²) in [6, 6.07) is 10.2. The molecule has 0 spiro atoms. The first-order valence-electron chi connectivity index (χ1n) is 8.19. The van der Waals surface area contributed by atoms with Crippen LogP contribution in [0.3, 0.4) is 0 Å². The molecule has 0 atom stereocenters. The van der Waals surface area contributed by atoms with Gasteiger partial charge < -0.3 is 14.4 Å². The van der Waals surface area contributed by atoms with Gasteiger partial charge >= 0.3 is 5.97 Å². The molecule has 2 aromatic heterocycles. The predicted molar refractivity (Wildman–Crippen MR) is 108 cm³/mol. The standard InChI is InChI=1S/C20H13Cl2N3O3/c1-28-19-11(3-2-4-13(19)20(26)27)15-9-16(25-8-7-23-10-25)12-5-6-14(21)17(22)18(12)24-15/h2-10H,1H3,(H,26,27). The fraction of sp³-hybridized carbons (Fsp3) is 0.0500. The number of hydrogen-bond donors (Lipinski definition) is 1. The molecule has 0 fully saturated rings. The highest BCUT2D eigenvalue weighted by Crippen LogP contribution is 2.38. The van der Waals surface area contributed by atoms with Gasteiger partial charge in [0.05, 0.1) is 40.4 Å². The van der Waals surface area contributed by atoms with Gasteiger partial charge in [0.2, 0.25) is 0 Å². The SMILES string of the molecule is COc1c(C(=O)O)cccc1-c1cc(-n2ccnc2)c2ccc(Cl)c(Cl)c2n1. The molecule has 0 saturated heterocycles. The number of aromatic carboxylic acids is 1. The predicted octanol–water partition coefficient (Wildman–Crippen LogP) is 5.10. The Balaban J connectivity index is 2.08. The number of para-hydroxylation sites is 1. The van der Waals surface area contributed by atoms with E-state index in [4.69, 9.17) is 27.9 Å². The van der Waals surface area contributed by atoms with E-state index in [1.807, 2.05) is 16.7 Å². The van der Waals surface area contributed by atoms with Crippen molar-refractivity contribution in [1.29, 1.82) is 0 Å². The van der Waals surface area contributed by atoms with Crippen LogP contribution < -0.4 is 4.74 Å². The normalized spacial score (nSPS) is 11.0. The van der Waals surface area contributed by atoms with Gasteiger partial charge in [0.25, 0.3) is 0 Å². The van der Waals surface area contributed by atoms with E-state index < -0.39 is 5.97 Å². The summed E-state index contributed by atoms with van der Waals surface area (Å²) < 4.78 is 7.21. The van der Waals surface area contributed by atoms with Crippen LogP contribution in [0.25, 0.3) is 27.8 Å². The second-order valence-corrected chi connectivity index (χ2v) is 6.73. The van der Waals surface area contributed by atoms with Gasteiger partial charge in [-0.2, -0.15) is 0 Å². The number of nitrogens with zero attached hydrogens (tertiary/aromatic N) is 3. The number of carboxylic acids is 1. The van der Waals surface area contributed by atoms with Crippen molar-refractivity contribution in [2.45, 2.75) is 0 Å². The number of hydrogen-bond acceptors (Lipinski definition) is 4. The molecule has 6 nitrogen and oxygen atoms in total. The molecule has 140 valence electrons. The average molecular weight is 414 g/mol. The smallest absolute Gasteiger partial charge is 0.339 e. The van der Waals surface area contributed by atoms with Crippen molar-refractivity contribution in [3.05, 3.63) is 70.7 Å². The van der Waals surface area contributed by atoms with E-state index in [2.05, 4.69) is 9.97 Å². The van der Waals surface area contributed by atoms with Gasteiger partial charge in [-0.25, -0.2) is 14.8 Å². The zero-order chi connectivity index (χ0) is 19.8. The lowest BCUT2D eigenvalue weighted by Gasteiger charge is -2.15. The minimum atomic E-state index is -1.09. The molecule has 0 aliphatic heterocycles. The monoisotopic (exact) mass is 413 g/mol. The molecule has 28 heavy (non-hydrogen) atoms. The van der Waals surface area contributed by atoms with Crippen molar-refractivity contribution >= 4 is 40.1 Å². The van der Waals surface area contributed by atoms with Crippen LogP contribution in [0.4, 0.5) is 0 Å². The van der Waals surface area contributed by atoms with E-state index in [1.165, 1.54) is 13.2 Å². The van der Waals surface area contributed by atoms with Gasteiger partial charge in [-0.05, 0) is 30.3 Å². The highest BCUT2D eigenvalue weighted by molar-refractivity contribution is 6.45. The highest BCUT2D eigenvalue weighted by Gasteiger charge is 2.19. The van der Waals surface area contributed by atoms with E-state index in [0.29, 0.717) is 26.8 Å². The number of imidazole rings is 1. The van der Waals surface area contributed by atoms with Crippen LogP contribution in [0.15, 0.2) is 55.1 Å². The molecular formula is C20H13Cl2N3O3. The molecule has 0 aliphatic rings. The van der Waals surface area contributed by atoms with E-state index >= 15 is 0 Å². The number of carbonyl (C=O) groups is 1. The summed E-state index contributed by atoms with van der Waals surface area (Å²) in [5, 5.41) is 10.9. The lowest BCUT2D eigenvalue weighted by atomic mass is 10.0. The van der Waals surface area contributed by atoms with Crippen LogP contribution in [0.5, 0.6) is 5.75 Å². The first-order valence-corrected chi connectivity index (χ1v) is 8.94. The Kier molecular flexibility index (Phi) is 4.66. The summed E-state index contributed by atoms with van der Waals surface area (Å²) in [7, 11) is 1.42. The number of fused-ring (bicyclic) bond motifs is 1. The third-order valence-corrected chi connectivity index (χ3v) is 5.15. The molecule has 4 aromatic rings. The first-order chi connectivity index (χ1) is 13.5. The number of aromatic nitrogens is 3. The van der Waals surface area contributed by atoms with Gasteiger partial charge in [0.1, 0.15) is 11.3 Å². The highest BCUT2D eigenvalue weighted by atomic mass is 35.5. The van der Waals surface area contributed by atoms with Crippen LogP contribution >= 0.6 is 23.2 Å². The second-order valence-electron chi connectivity index (χ2n) is 5.95. The molecule has 0 saturated carbocycles. The minimum absolute atomic E-state index is 0.0447. The van der Waals surface area contributed by atoms with E-state index in [1.54, 1.807) is 36.9 Å². The van der Waals surface area contributed by atoms with Crippen molar-refractivity contribution in [2.24, 2.45) is 0 Å². The third-order valence-electron chi connectivity index (χ3n) is 4.36. The Bertz CT molecular complexity index is 1210. The van der Waals surface area contributed by atoms with Gasteiger partial charge in [-0.3, -0.25) is 0 Å². The molecule has 0 unspecified atom stereocenters. The maximum Gasteiger partial charge on any atom is 0.339 e. The Morgan fingerprint density at radius 3 is 2.71 bits per heavy atom. The Labute approximate surface area is 169 Å². The number of ether oxygens (including phenoxy) is 1. The number of methoxy groups -OCH3 is 1. The molecule has 8 heteroatoms. The van der Waals surface area contributed by atoms with E-state index in [0.717, 1.165) is 11.1 Å². The van der Waals surface area contributed by atoms with Crippen molar-refractivity contribution in [2.75, 3.05) is 7.11 Å². The number of halogens is 2. The Hall–Kier alpha value is -3.09. The van der Waals surface area contributed by atoms with Gasteiger partial charge in [0, 0.05) is 23.3 Å². The lowest BCUT2D eigenvalue weighted by molar-refractivity contribution is 0.0693. The molecule has 0 aliphatic carbocycles. The van der Waals surface area contributed by atoms with Crippen molar-refractivity contribution in [1.82, 2.24) is 14.5 Å². The molecule has 2 aromatic carbocycles. The van der Waals surface area contributed by atoms with Crippen molar-refractivity contribution in [3.63, 3.8) is 0 Å². The molecule has 4 rings (SSSR count). The Morgan fingerprint density at radius 1 is 1.21 bits per heavy atom. The maximum absolute atomic E-state index is 11.6. The fourth-order valence-corrected chi connectivity index (χ4v) is 3.46. The van der Waals surface area contributed by atoms with E-state index in [9.17, 15) is 9.90 Å². The van der Waals surface area contributed by atoms with Crippen LogP contribution in [-0.4, -0.2) is 32.7 Å². The average Bonchev–Trinajstić information content (AvgIpc) is 3.24. The minimum Gasteiger partial charge on any atom is -0.495 e.